The average molecular weight is 502 g/mol. The second kappa shape index (κ2) is 12.5. The summed E-state index contributed by atoms with van der Waals surface area (Å²) in [5, 5.41) is 2.82. The van der Waals surface area contributed by atoms with Gasteiger partial charge >= 0.3 is 0 Å². The predicted octanol–water partition coefficient (Wildman–Crippen LogP) is 6.83. The number of para-hydroxylation sites is 2. The van der Waals surface area contributed by atoms with Crippen molar-refractivity contribution in [3.63, 3.8) is 0 Å². The van der Waals surface area contributed by atoms with Crippen LogP contribution in [0.2, 0.25) is 0 Å². The Morgan fingerprint density at radius 3 is 2.62 bits per heavy atom. The third-order valence-electron chi connectivity index (χ3n) is 6.54. The van der Waals surface area contributed by atoms with E-state index < -0.39 is 5.82 Å². The number of amides is 1. The molecule has 0 spiro atoms. The summed E-state index contributed by atoms with van der Waals surface area (Å²) in [5.41, 5.74) is 4.62. The molecule has 6 heteroatoms. The first-order valence-corrected chi connectivity index (χ1v) is 13.1. The number of hydrogen-bond acceptors (Lipinski definition) is 3. The van der Waals surface area contributed by atoms with Crippen molar-refractivity contribution in [1.29, 1.82) is 0 Å². The highest BCUT2D eigenvalue weighted by Gasteiger charge is 2.13. The number of carbonyl (C=O) groups excluding carboxylic acids is 1. The van der Waals surface area contributed by atoms with Crippen LogP contribution in [-0.2, 0) is 13.0 Å². The lowest BCUT2D eigenvalue weighted by molar-refractivity contribution is 0.0949. The van der Waals surface area contributed by atoms with Crippen molar-refractivity contribution in [1.82, 2.24) is 14.9 Å². The van der Waals surface area contributed by atoms with Crippen LogP contribution >= 0.6 is 0 Å². The Balaban J connectivity index is 1.31. The van der Waals surface area contributed by atoms with Gasteiger partial charge in [0.25, 0.3) is 5.91 Å². The number of aryl methyl sites for hydroxylation is 3. The van der Waals surface area contributed by atoms with Crippen LogP contribution in [0.4, 0.5) is 4.39 Å². The van der Waals surface area contributed by atoms with Gasteiger partial charge in [0, 0.05) is 19.5 Å². The van der Waals surface area contributed by atoms with E-state index in [4.69, 9.17) is 9.72 Å². The minimum absolute atomic E-state index is 0.0723. The summed E-state index contributed by atoms with van der Waals surface area (Å²) in [5.74, 6) is 1.52. The summed E-state index contributed by atoms with van der Waals surface area (Å²) in [4.78, 5) is 17.1. The molecule has 194 valence electrons. The van der Waals surface area contributed by atoms with Gasteiger partial charge in [0.2, 0.25) is 0 Å². The summed E-state index contributed by atoms with van der Waals surface area (Å²) in [6.07, 6.45) is 3.36. The Bertz CT molecular complexity index is 1350. The molecule has 37 heavy (non-hydrogen) atoms. The van der Waals surface area contributed by atoms with Crippen LogP contribution in [0.25, 0.3) is 11.0 Å². The normalized spacial score (nSPS) is 11.3. The first-order chi connectivity index (χ1) is 17.9. The van der Waals surface area contributed by atoms with Crippen LogP contribution < -0.4 is 10.1 Å². The number of benzene rings is 3. The van der Waals surface area contributed by atoms with Gasteiger partial charge in [-0.3, -0.25) is 4.79 Å². The minimum Gasteiger partial charge on any atom is -0.493 e. The molecule has 0 fully saturated rings. The molecule has 4 rings (SSSR count). The number of nitrogens with one attached hydrogen (secondary N) is 1. The first-order valence-electron chi connectivity index (χ1n) is 13.1. The number of rotatable bonds is 12. The molecule has 5 nitrogen and oxygen atoms in total. The molecule has 1 N–H and O–H groups in total. The van der Waals surface area contributed by atoms with E-state index in [0.717, 1.165) is 54.8 Å². The van der Waals surface area contributed by atoms with E-state index in [2.05, 4.69) is 54.9 Å². The van der Waals surface area contributed by atoms with Crippen LogP contribution in [0.3, 0.4) is 0 Å². The fraction of sp³-hybridized carbons (Fsp3) is 0.355. The summed E-state index contributed by atoms with van der Waals surface area (Å²) < 4.78 is 22.3. The Morgan fingerprint density at radius 1 is 1.03 bits per heavy atom. The zero-order valence-electron chi connectivity index (χ0n) is 22.0. The van der Waals surface area contributed by atoms with Crippen LogP contribution in [0.15, 0.2) is 66.7 Å². The predicted molar refractivity (Wildman–Crippen MR) is 147 cm³/mol. The molecule has 0 aliphatic rings. The summed E-state index contributed by atoms with van der Waals surface area (Å²) in [6.45, 7) is 8.45. The third-order valence-corrected chi connectivity index (χ3v) is 6.54. The highest BCUT2D eigenvalue weighted by molar-refractivity contribution is 5.94. The van der Waals surface area contributed by atoms with Crippen molar-refractivity contribution in [3.8, 4) is 5.75 Å². The molecule has 0 radical (unpaired) electrons. The summed E-state index contributed by atoms with van der Waals surface area (Å²) >= 11 is 0. The van der Waals surface area contributed by atoms with Crippen molar-refractivity contribution in [2.75, 3.05) is 13.2 Å². The number of fused-ring (bicyclic) bond motifs is 1. The van der Waals surface area contributed by atoms with Crippen molar-refractivity contribution in [2.45, 2.75) is 58.9 Å². The topological polar surface area (TPSA) is 56.1 Å². The van der Waals surface area contributed by atoms with Gasteiger partial charge in [0.1, 0.15) is 17.4 Å². The molecule has 3 aromatic carbocycles. The molecular formula is C31H36FN3O2. The van der Waals surface area contributed by atoms with Crippen LogP contribution in [-0.4, -0.2) is 28.6 Å². The molecule has 0 saturated heterocycles. The molecule has 1 amide bonds. The van der Waals surface area contributed by atoms with Gasteiger partial charge in [-0.15, -0.1) is 0 Å². The molecule has 1 aromatic heterocycles. The number of nitrogens with zero attached hydrogens (tertiary/aromatic N) is 2. The van der Waals surface area contributed by atoms with E-state index in [0.29, 0.717) is 19.1 Å². The van der Waals surface area contributed by atoms with Gasteiger partial charge < -0.3 is 14.6 Å². The van der Waals surface area contributed by atoms with E-state index in [9.17, 15) is 9.18 Å². The minimum atomic E-state index is -0.506. The van der Waals surface area contributed by atoms with E-state index in [-0.39, 0.29) is 11.5 Å². The fourth-order valence-corrected chi connectivity index (χ4v) is 4.55. The van der Waals surface area contributed by atoms with Gasteiger partial charge in [-0.1, -0.05) is 50.2 Å². The maximum Gasteiger partial charge on any atom is 0.254 e. The smallest absolute Gasteiger partial charge is 0.254 e. The van der Waals surface area contributed by atoms with Crippen molar-refractivity contribution >= 4 is 16.9 Å². The lowest BCUT2D eigenvalue weighted by Gasteiger charge is -2.15. The number of unbranched alkanes of at least 4 members (excludes halogenated alkanes) is 1. The quantitative estimate of drug-likeness (QED) is 0.217. The second-order valence-electron chi connectivity index (χ2n) is 9.76. The molecule has 0 aliphatic carbocycles. The lowest BCUT2D eigenvalue weighted by atomic mass is 10.0. The van der Waals surface area contributed by atoms with E-state index in [1.807, 2.05) is 18.2 Å². The largest absolute Gasteiger partial charge is 0.493 e. The van der Waals surface area contributed by atoms with Crippen molar-refractivity contribution < 1.29 is 13.9 Å². The summed E-state index contributed by atoms with van der Waals surface area (Å²) in [6, 6.07) is 20.6. The van der Waals surface area contributed by atoms with E-state index in [1.165, 1.54) is 23.3 Å². The summed E-state index contributed by atoms with van der Waals surface area (Å²) in [7, 11) is 0. The van der Waals surface area contributed by atoms with E-state index >= 15 is 0 Å². The molecule has 0 unspecified atom stereocenters. The van der Waals surface area contributed by atoms with Gasteiger partial charge in [-0.25, -0.2) is 9.37 Å². The number of halogens is 1. The van der Waals surface area contributed by atoms with Crippen molar-refractivity contribution in [2.24, 2.45) is 0 Å². The highest BCUT2D eigenvalue weighted by Crippen LogP contribution is 2.27. The maximum atomic E-state index is 13.8. The average Bonchev–Trinajstić information content (AvgIpc) is 3.23. The Hall–Kier alpha value is -3.67. The Morgan fingerprint density at radius 2 is 1.81 bits per heavy atom. The van der Waals surface area contributed by atoms with Crippen LogP contribution in [0.5, 0.6) is 5.75 Å². The monoisotopic (exact) mass is 501 g/mol. The fourth-order valence-electron chi connectivity index (χ4n) is 4.55. The number of imidazole rings is 1. The van der Waals surface area contributed by atoms with Crippen LogP contribution in [0.1, 0.15) is 66.3 Å². The van der Waals surface area contributed by atoms with Crippen molar-refractivity contribution in [3.05, 3.63) is 95.1 Å². The second-order valence-corrected chi connectivity index (χ2v) is 9.76. The number of ether oxygens (including phenoxy) is 1. The molecule has 0 aliphatic heterocycles. The molecule has 0 atom stereocenters. The number of hydrogen-bond donors (Lipinski definition) is 1. The lowest BCUT2D eigenvalue weighted by Crippen LogP contribution is -2.25. The standard InChI is InChI=1S/C31H36FN3O2/c1-22(2)24-17-16-23(3)21-29(24)37-20-9-8-19-35-28-14-7-6-13-27(28)34-30(35)15-10-18-33-31(36)25-11-4-5-12-26(25)32/h4-7,11-14,16-17,21-22H,8-10,15,18-20H2,1-3H3,(H,33,36). The number of aromatic nitrogens is 2. The SMILES string of the molecule is Cc1ccc(C(C)C)c(OCCCCn2c(CCCNC(=O)c3ccccc3F)nc3ccccc32)c1. The molecular weight excluding hydrogens is 465 g/mol. The highest BCUT2D eigenvalue weighted by atomic mass is 19.1. The first kappa shape index (κ1) is 26.4. The zero-order valence-corrected chi connectivity index (χ0v) is 22.0. The van der Waals surface area contributed by atoms with Gasteiger partial charge in [-0.2, -0.15) is 0 Å². The molecule has 4 aromatic rings. The maximum absolute atomic E-state index is 13.8. The Kier molecular flexibility index (Phi) is 8.94. The van der Waals surface area contributed by atoms with Crippen LogP contribution in [0, 0.1) is 12.7 Å². The van der Waals surface area contributed by atoms with E-state index in [1.54, 1.807) is 12.1 Å². The van der Waals surface area contributed by atoms with Gasteiger partial charge in [-0.05, 0) is 73.6 Å². The zero-order chi connectivity index (χ0) is 26.2. The van der Waals surface area contributed by atoms with Gasteiger partial charge in [0.05, 0.1) is 23.2 Å². The number of carbonyl (C=O) groups is 1. The van der Waals surface area contributed by atoms with Gasteiger partial charge in [0.15, 0.2) is 0 Å². The molecule has 1 heterocycles. The molecule has 0 saturated carbocycles. The molecule has 0 bridgehead atoms. The third kappa shape index (κ3) is 6.76. The Labute approximate surface area is 218 Å².